The molecule has 3 rings (SSSR count). The molecule has 0 bridgehead atoms. The molecule has 0 unspecified atom stereocenters. The predicted octanol–water partition coefficient (Wildman–Crippen LogP) is 4.04. The minimum absolute atomic E-state index is 0.508. The van der Waals surface area contributed by atoms with Crippen molar-refractivity contribution >= 4 is 0 Å². The van der Waals surface area contributed by atoms with E-state index in [4.69, 9.17) is 0 Å². The fourth-order valence-corrected chi connectivity index (χ4v) is 3.27. The van der Waals surface area contributed by atoms with Gasteiger partial charge in [-0.25, -0.2) is 0 Å². The van der Waals surface area contributed by atoms with Crippen molar-refractivity contribution in [3.8, 4) is 11.1 Å². The minimum Gasteiger partial charge on any atom is -0.297 e. The van der Waals surface area contributed by atoms with Crippen LogP contribution in [0.25, 0.3) is 11.1 Å². The molecule has 0 aliphatic carbocycles. The monoisotopic (exact) mass is 283 g/mol. The Morgan fingerprint density at radius 1 is 1.24 bits per heavy atom. The second-order valence-electron chi connectivity index (χ2n) is 6.03. The molecule has 21 heavy (non-hydrogen) atoms. The Hall–Kier alpha value is -1.61. The molecule has 3 heteroatoms. The molecule has 0 saturated carbocycles. The highest BCUT2D eigenvalue weighted by Crippen LogP contribution is 2.29. The lowest BCUT2D eigenvalue weighted by atomic mass is 10.00. The van der Waals surface area contributed by atoms with Gasteiger partial charge in [0.15, 0.2) is 0 Å². The molecular weight excluding hydrogens is 258 g/mol. The Morgan fingerprint density at radius 2 is 2.00 bits per heavy atom. The Labute approximate surface area is 127 Å². The molecule has 1 atom stereocenters. The molecule has 2 heterocycles. The molecule has 1 aromatic carbocycles. The summed E-state index contributed by atoms with van der Waals surface area (Å²) in [4.78, 5) is 2.58. The van der Waals surface area contributed by atoms with E-state index in [-0.39, 0.29) is 0 Å². The molecule has 0 amide bonds. The van der Waals surface area contributed by atoms with Gasteiger partial charge in [-0.05, 0) is 63.9 Å². The van der Waals surface area contributed by atoms with Crippen LogP contribution >= 0.6 is 0 Å². The highest BCUT2D eigenvalue weighted by Gasteiger charge is 2.19. The summed E-state index contributed by atoms with van der Waals surface area (Å²) < 4.78 is 2.02. The van der Waals surface area contributed by atoms with Crippen molar-refractivity contribution < 1.29 is 0 Å². The van der Waals surface area contributed by atoms with Crippen LogP contribution in [0.3, 0.4) is 0 Å². The van der Waals surface area contributed by atoms with E-state index in [0.717, 1.165) is 12.2 Å². The number of aryl methyl sites for hydroxylation is 2. The minimum atomic E-state index is 0.508. The molecule has 0 spiro atoms. The molecule has 0 N–H and O–H groups in total. The van der Waals surface area contributed by atoms with Gasteiger partial charge in [-0.1, -0.05) is 18.2 Å². The molecule has 2 aromatic rings. The van der Waals surface area contributed by atoms with Crippen molar-refractivity contribution in [2.75, 3.05) is 13.1 Å². The normalized spacial score (nSPS) is 17.3. The van der Waals surface area contributed by atoms with Crippen molar-refractivity contribution in [1.82, 2.24) is 14.7 Å². The quantitative estimate of drug-likeness (QED) is 0.844. The first kappa shape index (κ1) is 14.3. The van der Waals surface area contributed by atoms with E-state index in [1.165, 1.54) is 42.6 Å². The van der Waals surface area contributed by atoms with Gasteiger partial charge in [-0.2, -0.15) is 5.10 Å². The average molecular weight is 283 g/mol. The molecule has 1 aromatic heterocycles. The molecule has 1 aliphatic heterocycles. The lowest BCUT2D eigenvalue weighted by Gasteiger charge is -2.24. The van der Waals surface area contributed by atoms with Crippen LogP contribution in [0.1, 0.15) is 44.0 Å². The Morgan fingerprint density at radius 3 is 2.67 bits per heavy atom. The van der Waals surface area contributed by atoms with Crippen LogP contribution in [-0.2, 0) is 6.54 Å². The number of aromatic nitrogens is 2. The Balaban J connectivity index is 1.90. The van der Waals surface area contributed by atoms with Gasteiger partial charge < -0.3 is 0 Å². The SMILES string of the molecule is CCn1cc(-c2cccc([C@@H](C)N3CCCC3)c2)c(C)n1. The van der Waals surface area contributed by atoms with Gasteiger partial charge in [0.2, 0.25) is 0 Å². The van der Waals surface area contributed by atoms with E-state index in [1.807, 2.05) is 4.68 Å². The summed E-state index contributed by atoms with van der Waals surface area (Å²) in [7, 11) is 0. The number of rotatable bonds is 4. The van der Waals surface area contributed by atoms with Gasteiger partial charge in [0.25, 0.3) is 0 Å². The van der Waals surface area contributed by atoms with E-state index in [2.05, 4.69) is 61.2 Å². The predicted molar refractivity (Wildman–Crippen MR) is 87.3 cm³/mol. The molecule has 3 nitrogen and oxygen atoms in total. The topological polar surface area (TPSA) is 21.1 Å². The van der Waals surface area contributed by atoms with Gasteiger partial charge in [-0.3, -0.25) is 9.58 Å². The van der Waals surface area contributed by atoms with Gasteiger partial charge in [0, 0.05) is 24.3 Å². The van der Waals surface area contributed by atoms with Crippen LogP contribution in [0.2, 0.25) is 0 Å². The summed E-state index contributed by atoms with van der Waals surface area (Å²) in [5, 5.41) is 4.56. The molecule has 1 saturated heterocycles. The number of likely N-dealkylation sites (tertiary alicyclic amines) is 1. The van der Waals surface area contributed by atoms with Crippen LogP contribution in [0.5, 0.6) is 0 Å². The maximum Gasteiger partial charge on any atom is 0.0672 e. The summed E-state index contributed by atoms with van der Waals surface area (Å²) in [6, 6.07) is 9.48. The van der Waals surface area contributed by atoms with Crippen LogP contribution in [0.4, 0.5) is 0 Å². The van der Waals surface area contributed by atoms with E-state index in [1.54, 1.807) is 0 Å². The van der Waals surface area contributed by atoms with Crippen molar-refractivity contribution in [3.05, 3.63) is 41.7 Å². The smallest absolute Gasteiger partial charge is 0.0672 e. The second-order valence-corrected chi connectivity index (χ2v) is 6.03. The van der Waals surface area contributed by atoms with Gasteiger partial charge in [0.05, 0.1) is 5.69 Å². The fraction of sp³-hybridized carbons (Fsp3) is 0.500. The number of nitrogens with zero attached hydrogens (tertiary/aromatic N) is 3. The molecular formula is C18H25N3. The van der Waals surface area contributed by atoms with Crippen molar-refractivity contribution in [3.63, 3.8) is 0 Å². The van der Waals surface area contributed by atoms with Gasteiger partial charge in [0.1, 0.15) is 0 Å². The summed E-state index contributed by atoms with van der Waals surface area (Å²) in [6.45, 7) is 9.94. The third-order valence-corrected chi connectivity index (χ3v) is 4.64. The second kappa shape index (κ2) is 6.02. The first-order valence-corrected chi connectivity index (χ1v) is 8.07. The number of hydrogen-bond donors (Lipinski definition) is 0. The molecule has 1 aliphatic rings. The highest BCUT2D eigenvalue weighted by atomic mass is 15.3. The van der Waals surface area contributed by atoms with E-state index in [0.29, 0.717) is 6.04 Å². The third kappa shape index (κ3) is 2.88. The van der Waals surface area contributed by atoms with Gasteiger partial charge >= 0.3 is 0 Å². The number of hydrogen-bond acceptors (Lipinski definition) is 2. The lowest BCUT2D eigenvalue weighted by molar-refractivity contribution is 0.263. The summed E-state index contributed by atoms with van der Waals surface area (Å²) >= 11 is 0. The fourth-order valence-electron chi connectivity index (χ4n) is 3.27. The van der Waals surface area contributed by atoms with Crippen LogP contribution in [0, 0.1) is 6.92 Å². The van der Waals surface area contributed by atoms with Gasteiger partial charge in [-0.15, -0.1) is 0 Å². The first-order chi connectivity index (χ1) is 10.2. The lowest BCUT2D eigenvalue weighted by Crippen LogP contribution is -2.23. The van der Waals surface area contributed by atoms with E-state index in [9.17, 15) is 0 Å². The zero-order valence-corrected chi connectivity index (χ0v) is 13.3. The molecule has 0 radical (unpaired) electrons. The Kier molecular flexibility index (Phi) is 4.11. The van der Waals surface area contributed by atoms with E-state index < -0.39 is 0 Å². The van der Waals surface area contributed by atoms with Crippen LogP contribution in [-0.4, -0.2) is 27.8 Å². The van der Waals surface area contributed by atoms with Crippen LogP contribution in [0.15, 0.2) is 30.5 Å². The summed E-state index contributed by atoms with van der Waals surface area (Å²) in [5.41, 5.74) is 5.07. The van der Waals surface area contributed by atoms with Crippen LogP contribution < -0.4 is 0 Å². The van der Waals surface area contributed by atoms with Crippen molar-refractivity contribution in [2.45, 2.75) is 46.2 Å². The largest absolute Gasteiger partial charge is 0.297 e. The van der Waals surface area contributed by atoms with Crippen molar-refractivity contribution in [2.24, 2.45) is 0 Å². The Bertz CT molecular complexity index is 609. The standard InChI is InChI=1S/C18H25N3/c1-4-21-13-18(14(2)19-21)17-9-7-8-16(12-17)15(3)20-10-5-6-11-20/h7-9,12-13,15H,4-6,10-11H2,1-3H3/t15-/m1/s1. The maximum atomic E-state index is 4.56. The highest BCUT2D eigenvalue weighted by molar-refractivity contribution is 5.65. The van der Waals surface area contributed by atoms with E-state index >= 15 is 0 Å². The summed E-state index contributed by atoms with van der Waals surface area (Å²) in [6.07, 6.45) is 4.84. The van der Waals surface area contributed by atoms with Crippen molar-refractivity contribution in [1.29, 1.82) is 0 Å². The average Bonchev–Trinajstić information content (AvgIpc) is 3.16. The third-order valence-electron chi connectivity index (χ3n) is 4.64. The zero-order valence-electron chi connectivity index (χ0n) is 13.3. The molecule has 112 valence electrons. The molecule has 1 fully saturated rings. The maximum absolute atomic E-state index is 4.56. The zero-order chi connectivity index (χ0) is 14.8. The summed E-state index contributed by atoms with van der Waals surface area (Å²) in [5.74, 6) is 0. The first-order valence-electron chi connectivity index (χ1n) is 8.07. The number of benzene rings is 1.